The van der Waals surface area contributed by atoms with Gasteiger partial charge in [-0.2, -0.15) is 5.10 Å². The van der Waals surface area contributed by atoms with Gasteiger partial charge in [0.1, 0.15) is 18.6 Å². The minimum atomic E-state index is -1.01. The van der Waals surface area contributed by atoms with Crippen molar-refractivity contribution < 1.29 is 19.1 Å². The van der Waals surface area contributed by atoms with Gasteiger partial charge in [0, 0.05) is 5.02 Å². The molecule has 1 fully saturated rings. The zero-order chi connectivity index (χ0) is 19.0. The average molecular weight is 384 g/mol. The first kappa shape index (κ1) is 17.2. The van der Waals surface area contributed by atoms with E-state index < -0.39 is 29.7 Å². The first-order valence-electron chi connectivity index (χ1n) is 8.24. The molecular weight excluding hydrogens is 370 g/mol. The monoisotopic (exact) mass is 383 g/mol. The normalized spacial score (nSPS) is 20.9. The van der Waals surface area contributed by atoms with Crippen LogP contribution in [0.3, 0.4) is 0 Å². The SMILES string of the molecule is O=C(OCc1ccccc1)C1=NNC2C(=O)N(c3cccc(Cl)c3)C(=O)C12. The summed E-state index contributed by atoms with van der Waals surface area (Å²) in [6, 6.07) is 14.6. The molecule has 2 unspecified atom stereocenters. The predicted molar refractivity (Wildman–Crippen MR) is 98.0 cm³/mol. The van der Waals surface area contributed by atoms with Crippen molar-refractivity contribution in [3.05, 3.63) is 65.2 Å². The third-order valence-corrected chi connectivity index (χ3v) is 4.65. The van der Waals surface area contributed by atoms with Crippen LogP contribution < -0.4 is 10.3 Å². The third kappa shape index (κ3) is 3.06. The van der Waals surface area contributed by atoms with E-state index in [1.807, 2.05) is 30.3 Å². The number of carbonyl (C=O) groups is 3. The van der Waals surface area contributed by atoms with E-state index in [2.05, 4.69) is 10.5 Å². The summed E-state index contributed by atoms with van der Waals surface area (Å²) in [5.74, 6) is -2.76. The number of amides is 2. The smallest absolute Gasteiger partial charge is 0.355 e. The summed E-state index contributed by atoms with van der Waals surface area (Å²) in [4.78, 5) is 38.9. The number of hydrazone groups is 1. The number of hydrogen-bond donors (Lipinski definition) is 1. The molecule has 27 heavy (non-hydrogen) atoms. The van der Waals surface area contributed by atoms with E-state index in [-0.39, 0.29) is 12.3 Å². The molecule has 136 valence electrons. The molecule has 1 saturated heterocycles. The molecule has 1 N–H and O–H groups in total. The van der Waals surface area contributed by atoms with Gasteiger partial charge in [-0.15, -0.1) is 0 Å². The summed E-state index contributed by atoms with van der Waals surface area (Å²) >= 11 is 5.96. The maximum atomic E-state index is 12.8. The van der Waals surface area contributed by atoms with E-state index in [9.17, 15) is 14.4 Å². The summed E-state index contributed by atoms with van der Waals surface area (Å²) in [7, 11) is 0. The van der Waals surface area contributed by atoms with Crippen LogP contribution in [0, 0.1) is 5.92 Å². The lowest BCUT2D eigenvalue weighted by Crippen LogP contribution is -2.36. The fourth-order valence-corrected chi connectivity index (χ4v) is 3.31. The van der Waals surface area contributed by atoms with Gasteiger partial charge in [0.05, 0.1) is 5.69 Å². The molecule has 2 aliphatic rings. The molecule has 2 aromatic carbocycles. The Morgan fingerprint density at radius 2 is 1.89 bits per heavy atom. The zero-order valence-electron chi connectivity index (χ0n) is 14.0. The molecule has 0 bridgehead atoms. The second-order valence-corrected chi connectivity index (χ2v) is 6.57. The molecule has 0 aliphatic carbocycles. The van der Waals surface area contributed by atoms with Gasteiger partial charge in [-0.05, 0) is 23.8 Å². The van der Waals surface area contributed by atoms with Crippen LogP contribution >= 0.6 is 11.6 Å². The molecule has 2 heterocycles. The summed E-state index contributed by atoms with van der Waals surface area (Å²) in [6.07, 6.45) is 0. The molecule has 2 aromatic rings. The van der Waals surface area contributed by atoms with Crippen molar-refractivity contribution in [3.63, 3.8) is 0 Å². The molecule has 0 aromatic heterocycles. The van der Waals surface area contributed by atoms with Crippen LogP contribution in [0.5, 0.6) is 0 Å². The summed E-state index contributed by atoms with van der Waals surface area (Å²) < 4.78 is 5.25. The van der Waals surface area contributed by atoms with E-state index in [0.717, 1.165) is 10.5 Å². The Hall–Kier alpha value is -3.19. The van der Waals surface area contributed by atoms with Crippen LogP contribution in [0.25, 0.3) is 0 Å². The molecule has 7 nitrogen and oxygen atoms in total. The van der Waals surface area contributed by atoms with Crippen LogP contribution in [-0.4, -0.2) is 29.5 Å². The third-order valence-electron chi connectivity index (χ3n) is 4.41. The Bertz CT molecular complexity index is 960. The molecule has 8 heteroatoms. The topological polar surface area (TPSA) is 88.1 Å². The molecule has 2 aliphatic heterocycles. The zero-order valence-corrected chi connectivity index (χ0v) is 14.7. The van der Waals surface area contributed by atoms with Gasteiger partial charge in [-0.25, -0.2) is 9.69 Å². The number of carbonyl (C=O) groups excluding carboxylic acids is 3. The highest BCUT2D eigenvalue weighted by Crippen LogP contribution is 2.32. The number of fused-ring (bicyclic) bond motifs is 1. The number of hydrogen-bond acceptors (Lipinski definition) is 6. The molecule has 4 rings (SSSR count). The fraction of sp³-hybridized carbons (Fsp3) is 0.158. The number of imide groups is 1. The predicted octanol–water partition coefficient (Wildman–Crippen LogP) is 1.90. The maximum Gasteiger partial charge on any atom is 0.355 e. The minimum absolute atomic E-state index is 0.0518. The lowest BCUT2D eigenvalue weighted by molar-refractivity contribution is -0.137. The number of esters is 1. The van der Waals surface area contributed by atoms with Crippen LogP contribution in [0.4, 0.5) is 5.69 Å². The van der Waals surface area contributed by atoms with Gasteiger partial charge in [0.15, 0.2) is 5.71 Å². The summed E-state index contributed by atoms with van der Waals surface area (Å²) in [5, 5.41) is 4.27. The Morgan fingerprint density at radius 3 is 2.63 bits per heavy atom. The Morgan fingerprint density at radius 1 is 1.11 bits per heavy atom. The number of anilines is 1. The number of nitrogens with one attached hydrogen (secondary N) is 1. The Kier molecular flexibility index (Phi) is 4.37. The summed E-state index contributed by atoms with van der Waals surface area (Å²) in [5.41, 5.74) is 3.65. The average Bonchev–Trinajstić information content (AvgIpc) is 3.21. The Balaban J connectivity index is 1.52. The van der Waals surface area contributed by atoms with Crippen molar-refractivity contribution in [1.29, 1.82) is 0 Å². The standard InChI is InChI=1S/C19H14ClN3O4/c20-12-7-4-8-13(9-12)23-17(24)14-15(18(23)25)21-22-16(14)19(26)27-10-11-5-2-1-3-6-11/h1-9,14-15,21H,10H2. The van der Waals surface area contributed by atoms with Gasteiger partial charge in [0.2, 0.25) is 5.91 Å². The van der Waals surface area contributed by atoms with E-state index >= 15 is 0 Å². The first-order valence-corrected chi connectivity index (χ1v) is 8.61. The number of ether oxygens (including phenoxy) is 1. The molecule has 0 saturated carbocycles. The van der Waals surface area contributed by atoms with Gasteiger partial charge in [-0.1, -0.05) is 48.0 Å². The van der Waals surface area contributed by atoms with E-state index in [1.54, 1.807) is 18.2 Å². The van der Waals surface area contributed by atoms with Crippen LogP contribution in [-0.2, 0) is 25.7 Å². The number of halogens is 1. The molecule has 0 radical (unpaired) electrons. The van der Waals surface area contributed by atoms with Crippen molar-refractivity contribution in [2.45, 2.75) is 12.6 Å². The summed E-state index contributed by atoms with van der Waals surface area (Å²) in [6.45, 7) is 0.0518. The maximum absolute atomic E-state index is 12.8. The lowest BCUT2D eigenvalue weighted by Gasteiger charge is -2.15. The molecule has 2 amide bonds. The second-order valence-electron chi connectivity index (χ2n) is 6.13. The number of nitrogens with zero attached hydrogens (tertiary/aromatic N) is 2. The van der Waals surface area contributed by atoms with Crippen molar-refractivity contribution in [2.24, 2.45) is 11.0 Å². The molecule has 2 atom stereocenters. The van der Waals surface area contributed by atoms with Gasteiger partial charge >= 0.3 is 5.97 Å². The highest BCUT2D eigenvalue weighted by atomic mass is 35.5. The van der Waals surface area contributed by atoms with Gasteiger partial charge in [0.25, 0.3) is 5.91 Å². The first-order chi connectivity index (χ1) is 13.1. The molecule has 0 spiro atoms. The Labute approximate surface area is 159 Å². The lowest BCUT2D eigenvalue weighted by atomic mass is 9.99. The second kappa shape index (κ2) is 6.85. The van der Waals surface area contributed by atoms with Crippen LogP contribution in [0.1, 0.15) is 5.56 Å². The van der Waals surface area contributed by atoms with Crippen molar-refractivity contribution in [2.75, 3.05) is 4.90 Å². The van der Waals surface area contributed by atoms with Crippen LogP contribution in [0.15, 0.2) is 59.7 Å². The number of benzene rings is 2. The van der Waals surface area contributed by atoms with Gasteiger partial charge in [-0.3, -0.25) is 15.0 Å². The molecular formula is C19H14ClN3O4. The fourth-order valence-electron chi connectivity index (χ4n) is 3.12. The van der Waals surface area contributed by atoms with E-state index in [1.165, 1.54) is 6.07 Å². The largest absolute Gasteiger partial charge is 0.456 e. The van der Waals surface area contributed by atoms with Crippen molar-refractivity contribution >= 4 is 40.8 Å². The number of rotatable bonds is 4. The van der Waals surface area contributed by atoms with E-state index in [0.29, 0.717) is 10.7 Å². The van der Waals surface area contributed by atoms with Crippen LogP contribution in [0.2, 0.25) is 5.02 Å². The van der Waals surface area contributed by atoms with Gasteiger partial charge < -0.3 is 4.74 Å². The van der Waals surface area contributed by atoms with E-state index in [4.69, 9.17) is 16.3 Å². The quantitative estimate of drug-likeness (QED) is 0.643. The highest BCUT2D eigenvalue weighted by molar-refractivity contribution is 6.46. The van der Waals surface area contributed by atoms with Crippen molar-refractivity contribution in [1.82, 2.24) is 5.43 Å². The minimum Gasteiger partial charge on any atom is -0.456 e. The highest BCUT2D eigenvalue weighted by Gasteiger charge is 2.55. The van der Waals surface area contributed by atoms with Crippen molar-refractivity contribution in [3.8, 4) is 0 Å².